The van der Waals surface area contributed by atoms with E-state index in [4.69, 9.17) is 10.2 Å². The third kappa shape index (κ3) is 4.39. The van der Waals surface area contributed by atoms with E-state index in [-0.39, 0.29) is 5.75 Å². The Labute approximate surface area is 53.7 Å². The van der Waals surface area contributed by atoms with Gasteiger partial charge in [-0.05, 0) is 6.92 Å². The number of aliphatic hydroxyl groups excluding tert-OH is 2. The summed E-state index contributed by atoms with van der Waals surface area (Å²) in [4.78, 5) is 0. The molecule has 0 saturated heterocycles. The van der Waals surface area contributed by atoms with Crippen molar-refractivity contribution in [1.29, 1.82) is 0 Å². The number of thiol groups is 1. The molecule has 50 valence electrons. The van der Waals surface area contributed by atoms with Crippen LogP contribution in [0, 0.1) is 0 Å². The Hall–Kier alpha value is 0.230. The van der Waals surface area contributed by atoms with E-state index in [1.807, 2.05) is 0 Å². The van der Waals surface area contributed by atoms with Crippen molar-refractivity contribution in [1.82, 2.24) is 0 Å². The van der Waals surface area contributed by atoms with Gasteiger partial charge < -0.3 is 14.9 Å². The maximum atomic E-state index is 8.57. The van der Waals surface area contributed by atoms with Crippen molar-refractivity contribution in [3.8, 4) is 0 Å². The second kappa shape index (κ2) is 4.14. The topological polar surface area (TPSA) is 49.7 Å². The minimum absolute atomic E-state index is 0.199. The van der Waals surface area contributed by atoms with Gasteiger partial charge in [-0.15, -0.1) is 0 Å². The molecule has 0 aliphatic rings. The van der Waals surface area contributed by atoms with Crippen molar-refractivity contribution in [2.45, 2.75) is 19.5 Å². The Balaban J connectivity index is 3.10. The van der Waals surface area contributed by atoms with Gasteiger partial charge in [0.25, 0.3) is 0 Å². The minimum atomic E-state index is -0.960. The number of ether oxygens (including phenoxy) is 1. The molecule has 4 heteroatoms. The van der Waals surface area contributed by atoms with E-state index in [1.54, 1.807) is 0 Å². The molecule has 3 nitrogen and oxygen atoms in total. The lowest BCUT2D eigenvalue weighted by Gasteiger charge is -2.10. The van der Waals surface area contributed by atoms with Crippen LogP contribution in [0.15, 0.2) is 0 Å². The van der Waals surface area contributed by atoms with Gasteiger partial charge in [0, 0.05) is 5.75 Å². The Kier molecular flexibility index (Phi) is 4.26. The molecule has 0 amide bonds. The lowest BCUT2D eigenvalue weighted by atomic mass is 10.7. The van der Waals surface area contributed by atoms with Crippen molar-refractivity contribution in [2.24, 2.45) is 0 Å². The highest BCUT2D eigenvalue weighted by Crippen LogP contribution is 1.92. The van der Waals surface area contributed by atoms with Crippen LogP contribution < -0.4 is 0 Å². The van der Waals surface area contributed by atoms with Crippen molar-refractivity contribution in [3.63, 3.8) is 0 Å². The van der Waals surface area contributed by atoms with Crippen LogP contribution in [0.2, 0.25) is 0 Å². The van der Waals surface area contributed by atoms with Crippen molar-refractivity contribution < 1.29 is 14.9 Å². The van der Waals surface area contributed by atoms with Gasteiger partial charge >= 0.3 is 0 Å². The van der Waals surface area contributed by atoms with Crippen LogP contribution in [-0.2, 0) is 4.74 Å². The fourth-order valence-electron chi connectivity index (χ4n) is 0.270. The summed E-state index contributed by atoms with van der Waals surface area (Å²) in [5, 5.41) is 17.0. The van der Waals surface area contributed by atoms with Crippen LogP contribution in [0.1, 0.15) is 6.92 Å². The van der Waals surface area contributed by atoms with E-state index < -0.39 is 12.6 Å². The molecule has 0 aromatic heterocycles. The van der Waals surface area contributed by atoms with Crippen molar-refractivity contribution in [3.05, 3.63) is 0 Å². The summed E-state index contributed by atoms with van der Waals surface area (Å²) in [7, 11) is 0. The molecule has 2 N–H and O–H groups in total. The standard InChI is InChI=1S/C4H10O3S/c1-3(5)7-4(6)2-8/h3-6,8H,2H2,1H3. The van der Waals surface area contributed by atoms with Crippen LogP contribution >= 0.6 is 12.6 Å². The quantitative estimate of drug-likeness (QED) is 0.367. The Morgan fingerprint density at radius 1 is 1.62 bits per heavy atom. The SMILES string of the molecule is CC(O)OC(O)CS. The lowest BCUT2D eigenvalue weighted by molar-refractivity contribution is -0.188. The first-order chi connectivity index (χ1) is 3.66. The third-order valence-electron chi connectivity index (χ3n) is 0.510. The molecule has 0 aromatic carbocycles. The summed E-state index contributed by atoms with van der Waals surface area (Å²) in [6, 6.07) is 0. The summed E-state index contributed by atoms with van der Waals surface area (Å²) in [6.45, 7) is 1.42. The average Bonchev–Trinajstić information content (AvgIpc) is 1.65. The average molecular weight is 138 g/mol. The first kappa shape index (κ1) is 8.23. The molecule has 0 aliphatic carbocycles. The summed E-state index contributed by atoms with van der Waals surface area (Å²) >= 11 is 3.70. The van der Waals surface area contributed by atoms with Gasteiger partial charge in [-0.1, -0.05) is 0 Å². The largest absolute Gasteiger partial charge is 0.368 e. The molecule has 0 radical (unpaired) electrons. The Morgan fingerprint density at radius 3 is 2.25 bits per heavy atom. The van der Waals surface area contributed by atoms with Crippen molar-refractivity contribution in [2.75, 3.05) is 5.75 Å². The summed E-state index contributed by atoms with van der Waals surface area (Å²) in [5.74, 6) is 0.199. The lowest BCUT2D eigenvalue weighted by Crippen LogP contribution is -2.20. The maximum absolute atomic E-state index is 8.57. The van der Waals surface area contributed by atoms with Crippen LogP contribution in [-0.4, -0.2) is 28.5 Å². The van der Waals surface area contributed by atoms with Crippen LogP contribution in [0.25, 0.3) is 0 Å². The van der Waals surface area contributed by atoms with Gasteiger partial charge in [0.2, 0.25) is 0 Å². The van der Waals surface area contributed by atoms with E-state index >= 15 is 0 Å². The first-order valence-corrected chi connectivity index (χ1v) is 2.92. The predicted molar refractivity (Wildman–Crippen MR) is 32.6 cm³/mol. The van der Waals surface area contributed by atoms with Gasteiger partial charge in [0.15, 0.2) is 12.6 Å². The number of rotatable bonds is 3. The third-order valence-corrected chi connectivity index (χ3v) is 0.823. The second-order valence-electron chi connectivity index (χ2n) is 1.37. The highest BCUT2D eigenvalue weighted by atomic mass is 32.1. The van der Waals surface area contributed by atoms with E-state index in [0.717, 1.165) is 0 Å². The molecule has 0 spiro atoms. The zero-order valence-corrected chi connectivity index (χ0v) is 5.51. The highest BCUT2D eigenvalue weighted by Gasteiger charge is 2.02. The van der Waals surface area contributed by atoms with Gasteiger partial charge in [-0.25, -0.2) is 0 Å². The Bertz CT molecular complexity index is 57.2. The molecule has 0 bridgehead atoms. The molecule has 8 heavy (non-hydrogen) atoms. The van der Waals surface area contributed by atoms with E-state index in [2.05, 4.69) is 17.4 Å². The molecule has 2 atom stereocenters. The highest BCUT2D eigenvalue weighted by molar-refractivity contribution is 7.80. The Morgan fingerprint density at radius 2 is 2.12 bits per heavy atom. The molecule has 2 unspecified atom stereocenters. The number of hydrogen-bond acceptors (Lipinski definition) is 4. The molecule has 0 rings (SSSR count). The van der Waals surface area contributed by atoms with Crippen molar-refractivity contribution >= 4 is 12.6 Å². The maximum Gasteiger partial charge on any atom is 0.166 e. The summed E-state index contributed by atoms with van der Waals surface area (Å²) in [6.07, 6.45) is -1.88. The fraction of sp³-hybridized carbons (Fsp3) is 1.00. The van der Waals surface area contributed by atoms with Gasteiger partial charge in [0.1, 0.15) is 0 Å². The molecule has 0 aliphatic heterocycles. The first-order valence-electron chi connectivity index (χ1n) is 2.29. The molecule has 0 fully saturated rings. The number of aliphatic hydroxyl groups is 2. The van der Waals surface area contributed by atoms with Crippen LogP contribution in [0.3, 0.4) is 0 Å². The monoisotopic (exact) mass is 138 g/mol. The summed E-state index contributed by atoms with van der Waals surface area (Å²) < 4.78 is 4.43. The minimum Gasteiger partial charge on any atom is -0.368 e. The fourth-order valence-corrected chi connectivity index (χ4v) is 0.356. The second-order valence-corrected chi connectivity index (χ2v) is 1.74. The zero-order chi connectivity index (χ0) is 6.57. The van der Waals surface area contributed by atoms with E-state index in [9.17, 15) is 0 Å². The molecule has 0 aromatic rings. The smallest absolute Gasteiger partial charge is 0.166 e. The van der Waals surface area contributed by atoms with E-state index in [1.165, 1.54) is 6.92 Å². The molecular weight excluding hydrogens is 128 g/mol. The molecule has 0 saturated carbocycles. The summed E-state index contributed by atoms with van der Waals surface area (Å²) in [5.41, 5.74) is 0. The molecule has 0 heterocycles. The van der Waals surface area contributed by atoms with Gasteiger partial charge in [-0.3, -0.25) is 0 Å². The zero-order valence-electron chi connectivity index (χ0n) is 4.61. The van der Waals surface area contributed by atoms with Crippen LogP contribution in [0.5, 0.6) is 0 Å². The predicted octanol–water partition coefficient (Wildman–Crippen LogP) is -0.411. The number of hydrogen-bond donors (Lipinski definition) is 3. The van der Waals surface area contributed by atoms with E-state index in [0.29, 0.717) is 0 Å². The van der Waals surface area contributed by atoms with Crippen LogP contribution in [0.4, 0.5) is 0 Å². The molecular formula is C4H10O3S. The normalized spacial score (nSPS) is 18.0. The van der Waals surface area contributed by atoms with Gasteiger partial charge in [-0.2, -0.15) is 12.6 Å². The van der Waals surface area contributed by atoms with Gasteiger partial charge in [0.05, 0.1) is 0 Å².